The summed E-state index contributed by atoms with van der Waals surface area (Å²) in [4.78, 5) is 7.93. The Morgan fingerprint density at radius 3 is 2.80 bits per heavy atom. The van der Waals surface area contributed by atoms with Crippen molar-refractivity contribution in [2.75, 3.05) is 5.73 Å². The van der Waals surface area contributed by atoms with E-state index in [1.54, 1.807) is 24.7 Å². The van der Waals surface area contributed by atoms with Gasteiger partial charge in [-0.25, -0.2) is 4.98 Å². The molecule has 76 valence electrons. The molecule has 4 nitrogen and oxygen atoms in total. The minimum absolute atomic E-state index is 0.443. The van der Waals surface area contributed by atoms with Gasteiger partial charge >= 0.3 is 0 Å². The Balaban J connectivity index is 2.32. The maximum atomic E-state index is 5.80. The first kappa shape index (κ1) is 9.45. The first-order chi connectivity index (χ1) is 7.27. The number of aromatic nitrogens is 2. The zero-order valence-electron chi connectivity index (χ0n) is 8.34. The van der Waals surface area contributed by atoms with Gasteiger partial charge in [0.05, 0.1) is 11.9 Å². The molecule has 1 aromatic carbocycles. The first-order valence-electron chi connectivity index (χ1n) is 4.56. The summed E-state index contributed by atoms with van der Waals surface area (Å²) in [6.45, 7) is 1.93. The Morgan fingerprint density at radius 1 is 1.27 bits per heavy atom. The molecule has 2 rings (SSSR count). The fourth-order valence-electron chi connectivity index (χ4n) is 1.26. The summed E-state index contributed by atoms with van der Waals surface area (Å²) in [6, 6.07) is 5.61. The van der Waals surface area contributed by atoms with Gasteiger partial charge in [-0.15, -0.1) is 0 Å². The first-order valence-corrected chi connectivity index (χ1v) is 4.56. The van der Waals surface area contributed by atoms with Crippen molar-refractivity contribution in [3.8, 4) is 11.6 Å². The highest BCUT2D eigenvalue weighted by atomic mass is 16.5. The summed E-state index contributed by atoms with van der Waals surface area (Å²) in [5.41, 5.74) is 7.37. The van der Waals surface area contributed by atoms with E-state index in [4.69, 9.17) is 10.5 Å². The van der Waals surface area contributed by atoms with Crippen LogP contribution in [0.2, 0.25) is 0 Å². The third-order valence-corrected chi connectivity index (χ3v) is 1.99. The number of hydrogen-bond donors (Lipinski definition) is 1. The normalized spacial score (nSPS) is 9.93. The number of hydrogen-bond acceptors (Lipinski definition) is 4. The maximum absolute atomic E-state index is 5.80. The zero-order chi connectivity index (χ0) is 10.7. The van der Waals surface area contributed by atoms with Crippen LogP contribution in [0.25, 0.3) is 0 Å². The molecule has 0 saturated carbocycles. The number of rotatable bonds is 2. The maximum Gasteiger partial charge on any atom is 0.237 e. The Kier molecular flexibility index (Phi) is 2.49. The standard InChI is InChI=1S/C11H11N3O/c1-8-3-2-4-9(12)11(8)15-10-7-13-5-6-14-10/h2-7H,12H2,1H3. The molecule has 2 aromatic rings. The van der Waals surface area contributed by atoms with Crippen LogP contribution in [0.3, 0.4) is 0 Å². The van der Waals surface area contributed by atoms with Gasteiger partial charge in [0.2, 0.25) is 5.88 Å². The van der Waals surface area contributed by atoms with Crippen LogP contribution in [0.1, 0.15) is 5.56 Å². The number of ether oxygens (including phenoxy) is 1. The molecule has 0 amide bonds. The number of nitrogens with two attached hydrogens (primary N) is 1. The lowest BCUT2D eigenvalue weighted by Crippen LogP contribution is -1.95. The highest BCUT2D eigenvalue weighted by Crippen LogP contribution is 2.29. The lowest BCUT2D eigenvalue weighted by Gasteiger charge is -2.09. The Morgan fingerprint density at radius 2 is 2.13 bits per heavy atom. The molecular weight excluding hydrogens is 190 g/mol. The molecule has 15 heavy (non-hydrogen) atoms. The molecule has 0 fully saturated rings. The van der Waals surface area contributed by atoms with Gasteiger partial charge in [-0.1, -0.05) is 12.1 Å². The topological polar surface area (TPSA) is 61.0 Å². The fourth-order valence-corrected chi connectivity index (χ4v) is 1.26. The Hall–Kier alpha value is -2.10. The van der Waals surface area contributed by atoms with E-state index in [-0.39, 0.29) is 0 Å². The monoisotopic (exact) mass is 201 g/mol. The molecule has 0 bridgehead atoms. The minimum atomic E-state index is 0.443. The average Bonchev–Trinajstić information content (AvgIpc) is 2.25. The van der Waals surface area contributed by atoms with Crippen LogP contribution in [0.15, 0.2) is 36.8 Å². The second kappa shape index (κ2) is 3.96. The van der Waals surface area contributed by atoms with Gasteiger partial charge < -0.3 is 10.5 Å². The largest absolute Gasteiger partial charge is 0.435 e. The molecule has 0 aliphatic rings. The van der Waals surface area contributed by atoms with Gasteiger partial charge in [0.25, 0.3) is 0 Å². The van der Waals surface area contributed by atoms with E-state index in [9.17, 15) is 0 Å². The molecule has 1 heterocycles. The van der Waals surface area contributed by atoms with Crippen LogP contribution in [0.5, 0.6) is 11.6 Å². The minimum Gasteiger partial charge on any atom is -0.435 e. The van der Waals surface area contributed by atoms with E-state index in [0.717, 1.165) is 5.56 Å². The highest BCUT2D eigenvalue weighted by molar-refractivity contribution is 5.57. The summed E-state index contributed by atoms with van der Waals surface area (Å²) in [7, 11) is 0. The number of nitrogens with zero attached hydrogens (tertiary/aromatic N) is 2. The predicted molar refractivity (Wildman–Crippen MR) is 57.7 cm³/mol. The average molecular weight is 201 g/mol. The number of para-hydroxylation sites is 1. The summed E-state index contributed by atoms with van der Waals surface area (Å²) >= 11 is 0. The molecule has 0 spiro atoms. The Labute approximate surface area is 87.7 Å². The van der Waals surface area contributed by atoms with Crippen LogP contribution in [0.4, 0.5) is 5.69 Å². The molecular formula is C11H11N3O. The van der Waals surface area contributed by atoms with E-state index in [2.05, 4.69) is 9.97 Å². The van der Waals surface area contributed by atoms with Crippen molar-refractivity contribution in [3.05, 3.63) is 42.4 Å². The highest BCUT2D eigenvalue weighted by Gasteiger charge is 2.05. The van der Waals surface area contributed by atoms with Crippen molar-refractivity contribution < 1.29 is 4.74 Å². The lowest BCUT2D eigenvalue weighted by molar-refractivity contribution is 0.459. The summed E-state index contributed by atoms with van der Waals surface area (Å²) in [6.07, 6.45) is 4.71. The van der Waals surface area contributed by atoms with Gasteiger partial charge in [-0.3, -0.25) is 4.98 Å². The van der Waals surface area contributed by atoms with E-state index < -0.39 is 0 Å². The third-order valence-electron chi connectivity index (χ3n) is 1.99. The quantitative estimate of drug-likeness (QED) is 0.756. The lowest BCUT2D eigenvalue weighted by atomic mass is 10.2. The van der Waals surface area contributed by atoms with Crippen LogP contribution in [-0.2, 0) is 0 Å². The summed E-state index contributed by atoms with van der Waals surface area (Å²) < 4.78 is 5.54. The van der Waals surface area contributed by atoms with Gasteiger partial charge in [0, 0.05) is 12.4 Å². The summed E-state index contributed by atoms with van der Waals surface area (Å²) in [5, 5.41) is 0. The number of anilines is 1. The smallest absolute Gasteiger partial charge is 0.237 e. The molecule has 1 aromatic heterocycles. The number of benzene rings is 1. The van der Waals surface area contributed by atoms with Crippen molar-refractivity contribution >= 4 is 5.69 Å². The second-order valence-electron chi connectivity index (χ2n) is 3.14. The van der Waals surface area contributed by atoms with Gasteiger partial charge in [-0.2, -0.15) is 0 Å². The second-order valence-corrected chi connectivity index (χ2v) is 3.14. The number of nitrogen functional groups attached to an aromatic ring is 1. The molecule has 0 unspecified atom stereocenters. The van der Waals surface area contributed by atoms with E-state index in [0.29, 0.717) is 17.3 Å². The molecule has 0 saturated heterocycles. The van der Waals surface area contributed by atoms with Crippen LogP contribution in [-0.4, -0.2) is 9.97 Å². The van der Waals surface area contributed by atoms with Crippen LogP contribution < -0.4 is 10.5 Å². The predicted octanol–water partition coefficient (Wildman–Crippen LogP) is 2.16. The van der Waals surface area contributed by atoms with Crippen molar-refractivity contribution in [2.45, 2.75) is 6.92 Å². The van der Waals surface area contributed by atoms with E-state index >= 15 is 0 Å². The van der Waals surface area contributed by atoms with Crippen molar-refractivity contribution in [3.63, 3.8) is 0 Å². The van der Waals surface area contributed by atoms with Crippen LogP contribution >= 0.6 is 0 Å². The fraction of sp³-hybridized carbons (Fsp3) is 0.0909. The SMILES string of the molecule is Cc1cccc(N)c1Oc1cnccn1. The van der Waals surface area contributed by atoms with Crippen molar-refractivity contribution in [1.82, 2.24) is 9.97 Å². The molecule has 0 atom stereocenters. The van der Waals surface area contributed by atoms with Gasteiger partial charge in [-0.05, 0) is 18.6 Å². The molecule has 0 aliphatic heterocycles. The number of aryl methyl sites for hydroxylation is 1. The molecule has 0 aliphatic carbocycles. The molecule has 0 radical (unpaired) electrons. The molecule has 4 heteroatoms. The van der Waals surface area contributed by atoms with Crippen molar-refractivity contribution in [2.24, 2.45) is 0 Å². The van der Waals surface area contributed by atoms with E-state index in [1.807, 2.05) is 19.1 Å². The summed E-state index contributed by atoms with van der Waals surface area (Å²) in [5.74, 6) is 1.08. The van der Waals surface area contributed by atoms with Crippen molar-refractivity contribution in [1.29, 1.82) is 0 Å². The zero-order valence-corrected chi connectivity index (χ0v) is 8.34. The van der Waals surface area contributed by atoms with Gasteiger partial charge in [0.1, 0.15) is 0 Å². The van der Waals surface area contributed by atoms with Gasteiger partial charge in [0.15, 0.2) is 5.75 Å². The van der Waals surface area contributed by atoms with Crippen LogP contribution in [0, 0.1) is 6.92 Å². The molecule has 2 N–H and O–H groups in total. The van der Waals surface area contributed by atoms with E-state index in [1.165, 1.54) is 0 Å². The Bertz CT molecular complexity index is 436. The third kappa shape index (κ3) is 2.04.